The Kier molecular flexibility index (Phi) is 5.81. The molecule has 4 aromatic rings. The van der Waals surface area contributed by atoms with Crippen molar-refractivity contribution in [1.29, 1.82) is 0 Å². The summed E-state index contributed by atoms with van der Waals surface area (Å²) in [4.78, 5) is 13.8. The summed E-state index contributed by atoms with van der Waals surface area (Å²) in [6.45, 7) is 1.95. The lowest BCUT2D eigenvalue weighted by molar-refractivity contribution is 0.115. The van der Waals surface area contributed by atoms with E-state index < -0.39 is 10.0 Å². The van der Waals surface area contributed by atoms with Gasteiger partial charge < -0.3 is 10.6 Å². The van der Waals surface area contributed by atoms with Crippen LogP contribution in [-0.4, -0.2) is 56.0 Å². The van der Waals surface area contributed by atoms with Crippen molar-refractivity contribution in [3.05, 3.63) is 60.6 Å². The van der Waals surface area contributed by atoms with E-state index in [2.05, 4.69) is 25.8 Å². The molecule has 186 valence electrons. The first-order valence-electron chi connectivity index (χ1n) is 12.2. The minimum absolute atomic E-state index is 0.0645. The van der Waals surface area contributed by atoms with Crippen molar-refractivity contribution in [3.63, 3.8) is 0 Å². The van der Waals surface area contributed by atoms with Gasteiger partial charge in [0.15, 0.2) is 5.82 Å². The van der Waals surface area contributed by atoms with Gasteiger partial charge in [-0.15, -0.1) is 0 Å². The van der Waals surface area contributed by atoms with Crippen molar-refractivity contribution < 1.29 is 8.42 Å². The summed E-state index contributed by atoms with van der Waals surface area (Å²) in [6.07, 6.45) is 7.16. The van der Waals surface area contributed by atoms with E-state index in [1.807, 2.05) is 37.3 Å². The van der Waals surface area contributed by atoms with Crippen LogP contribution in [0.1, 0.15) is 37.8 Å². The molecule has 3 aromatic heterocycles. The first-order valence-corrected chi connectivity index (χ1v) is 13.7. The summed E-state index contributed by atoms with van der Waals surface area (Å²) in [5.74, 6) is 1.88. The number of aryl methyl sites for hydroxylation is 1. The molecule has 6 rings (SSSR count). The highest BCUT2D eigenvalue weighted by Crippen LogP contribution is 2.39. The lowest BCUT2D eigenvalue weighted by Crippen LogP contribution is -2.57. The van der Waals surface area contributed by atoms with E-state index in [0.717, 1.165) is 35.9 Å². The first kappa shape index (κ1) is 22.9. The van der Waals surface area contributed by atoms with Gasteiger partial charge in [-0.05, 0) is 56.9 Å². The predicted molar refractivity (Wildman–Crippen MR) is 137 cm³/mol. The zero-order chi connectivity index (χ0) is 24.7. The molecule has 5 heterocycles. The van der Waals surface area contributed by atoms with Crippen LogP contribution < -0.4 is 10.6 Å². The fraction of sp³-hybridized carbons (Fsp3) is 0.360. The van der Waals surface area contributed by atoms with Crippen molar-refractivity contribution in [2.24, 2.45) is 0 Å². The maximum absolute atomic E-state index is 13.5. The van der Waals surface area contributed by atoms with Crippen LogP contribution in [0.15, 0.2) is 59.8 Å². The fourth-order valence-corrected chi connectivity index (χ4v) is 7.35. The number of rotatable bonds is 6. The second-order valence-corrected chi connectivity index (χ2v) is 11.4. The molecule has 3 N–H and O–H groups in total. The Bertz CT molecular complexity index is 1480. The van der Waals surface area contributed by atoms with Crippen LogP contribution >= 0.6 is 0 Å². The lowest BCUT2D eigenvalue weighted by Gasteiger charge is -2.47. The zero-order valence-electron chi connectivity index (χ0n) is 19.9. The third kappa shape index (κ3) is 4.28. The lowest BCUT2D eigenvalue weighted by atomic mass is 9.84. The fourth-order valence-electron chi connectivity index (χ4n) is 5.49. The van der Waals surface area contributed by atoms with Crippen molar-refractivity contribution in [2.75, 3.05) is 10.6 Å². The molecule has 11 heteroatoms. The number of para-hydroxylation sites is 1. The van der Waals surface area contributed by atoms with Crippen LogP contribution in [0.5, 0.6) is 0 Å². The Labute approximate surface area is 209 Å². The largest absolute Gasteiger partial charge is 0.351 e. The average Bonchev–Trinajstić information content (AvgIpc) is 3.28. The number of nitrogens with one attached hydrogen (secondary N) is 3. The number of benzene rings is 1. The molecular formula is C25H28N8O2S. The van der Waals surface area contributed by atoms with Crippen LogP contribution in [0.2, 0.25) is 0 Å². The van der Waals surface area contributed by atoms with E-state index in [-0.39, 0.29) is 23.0 Å². The summed E-state index contributed by atoms with van der Waals surface area (Å²) < 4.78 is 28.6. The van der Waals surface area contributed by atoms with Crippen LogP contribution in [-0.2, 0) is 10.0 Å². The molecule has 10 nitrogen and oxygen atoms in total. The van der Waals surface area contributed by atoms with E-state index in [0.29, 0.717) is 30.4 Å². The number of pyridine rings is 1. The van der Waals surface area contributed by atoms with Crippen molar-refractivity contribution in [3.8, 4) is 0 Å². The molecule has 2 saturated heterocycles. The van der Waals surface area contributed by atoms with Gasteiger partial charge >= 0.3 is 0 Å². The number of H-pyrrole nitrogens is 1. The second kappa shape index (κ2) is 9.14. The molecule has 0 amide bonds. The predicted octanol–water partition coefficient (Wildman–Crippen LogP) is 3.99. The molecule has 2 bridgehead atoms. The van der Waals surface area contributed by atoms with E-state index in [1.54, 1.807) is 22.6 Å². The Morgan fingerprint density at radius 3 is 2.58 bits per heavy atom. The van der Waals surface area contributed by atoms with Crippen molar-refractivity contribution >= 4 is 38.5 Å². The highest BCUT2D eigenvalue weighted by atomic mass is 32.2. The number of aromatic nitrogens is 5. The van der Waals surface area contributed by atoms with Gasteiger partial charge in [-0.2, -0.15) is 14.4 Å². The molecule has 0 radical (unpaired) electrons. The van der Waals surface area contributed by atoms with Crippen LogP contribution in [0, 0.1) is 6.92 Å². The number of aromatic amines is 1. The molecule has 2 fully saturated rings. The van der Waals surface area contributed by atoms with E-state index in [9.17, 15) is 8.42 Å². The standard InChI is InChI=1S/C25H28N8O2S/c1-16-12-23(32-31-16)29-24-21-9-2-3-10-22(21)28-25(30-24)27-17-13-18-6-4-7-19(14-17)33(18)36(34,35)20-8-5-11-26-15-20/h2-3,5,8-12,15,17-19H,4,6-7,13-14H2,1H3,(H3,27,28,29,30,31,32)/t17-,18-,19+. The smallest absolute Gasteiger partial charge is 0.245 e. The normalized spacial score (nSPS) is 22.4. The topological polar surface area (TPSA) is 129 Å². The van der Waals surface area contributed by atoms with Gasteiger partial charge in [-0.3, -0.25) is 10.1 Å². The molecule has 0 unspecified atom stereocenters. The molecule has 0 saturated carbocycles. The summed E-state index contributed by atoms with van der Waals surface area (Å²) in [5, 5.41) is 14.9. The third-order valence-corrected chi connectivity index (χ3v) is 8.99. The summed E-state index contributed by atoms with van der Waals surface area (Å²) in [6, 6.07) is 13.0. The van der Waals surface area contributed by atoms with Gasteiger partial charge in [0.05, 0.1) is 5.52 Å². The Morgan fingerprint density at radius 1 is 1.06 bits per heavy atom. The monoisotopic (exact) mass is 504 g/mol. The van der Waals surface area contributed by atoms with Gasteiger partial charge in [-0.1, -0.05) is 18.6 Å². The first-order chi connectivity index (χ1) is 17.5. The maximum Gasteiger partial charge on any atom is 0.245 e. The number of anilines is 3. The molecule has 2 aliphatic heterocycles. The van der Waals surface area contributed by atoms with E-state index >= 15 is 0 Å². The number of sulfonamides is 1. The Balaban J connectivity index is 1.26. The molecular weight excluding hydrogens is 476 g/mol. The molecule has 1 aromatic carbocycles. The van der Waals surface area contributed by atoms with Crippen LogP contribution in [0.4, 0.5) is 17.6 Å². The highest BCUT2D eigenvalue weighted by molar-refractivity contribution is 7.89. The maximum atomic E-state index is 13.5. The number of hydrogen-bond donors (Lipinski definition) is 3. The molecule has 3 atom stereocenters. The minimum atomic E-state index is -3.59. The van der Waals surface area contributed by atoms with Gasteiger partial charge in [0.2, 0.25) is 16.0 Å². The van der Waals surface area contributed by atoms with E-state index in [4.69, 9.17) is 9.97 Å². The summed E-state index contributed by atoms with van der Waals surface area (Å²) in [7, 11) is -3.59. The van der Waals surface area contributed by atoms with Crippen LogP contribution in [0.3, 0.4) is 0 Å². The Hall–Kier alpha value is -3.57. The van der Waals surface area contributed by atoms with Gasteiger partial charge in [0.1, 0.15) is 10.7 Å². The third-order valence-electron chi connectivity index (χ3n) is 7.01. The number of fused-ring (bicyclic) bond motifs is 3. The highest BCUT2D eigenvalue weighted by Gasteiger charge is 2.45. The molecule has 2 aliphatic rings. The SMILES string of the molecule is Cc1cc(Nc2nc(N[C@@H]3C[C@H]4CCC[C@@H](C3)N4S(=O)(=O)c3cccnc3)nc3ccccc23)n[nH]1. The quantitative estimate of drug-likeness (QED) is 0.360. The molecule has 0 spiro atoms. The van der Waals surface area contributed by atoms with Crippen LogP contribution in [0.25, 0.3) is 10.9 Å². The second-order valence-electron chi connectivity index (χ2n) is 9.55. The zero-order valence-corrected chi connectivity index (χ0v) is 20.7. The van der Waals surface area contributed by atoms with Crippen molar-refractivity contribution in [1.82, 2.24) is 29.5 Å². The van der Waals surface area contributed by atoms with Gasteiger partial charge in [0.25, 0.3) is 0 Å². The molecule has 36 heavy (non-hydrogen) atoms. The minimum Gasteiger partial charge on any atom is -0.351 e. The van der Waals surface area contributed by atoms with Crippen molar-refractivity contribution in [2.45, 2.75) is 62.0 Å². The van der Waals surface area contributed by atoms with Gasteiger partial charge in [-0.25, -0.2) is 13.4 Å². The Morgan fingerprint density at radius 2 is 1.86 bits per heavy atom. The number of piperidine rings is 2. The van der Waals surface area contributed by atoms with Gasteiger partial charge in [0, 0.05) is 47.7 Å². The summed E-state index contributed by atoms with van der Waals surface area (Å²) >= 11 is 0. The summed E-state index contributed by atoms with van der Waals surface area (Å²) in [5.41, 5.74) is 1.77. The molecule has 0 aliphatic carbocycles. The number of nitrogens with zero attached hydrogens (tertiary/aromatic N) is 5. The number of hydrogen-bond acceptors (Lipinski definition) is 8. The average molecular weight is 505 g/mol. The van der Waals surface area contributed by atoms with E-state index in [1.165, 1.54) is 6.20 Å².